The number of rotatable bonds is 6. The molecule has 0 bridgehead atoms. The van der Waals surface area contributed by atoms with E-state index in [0.717, 1.165) is 19.4 Å². The number of nitrogens with zero attached hydrogens (tertiary/aromatic N) is 1. The Morgan fingerprint density at radius 3 is 2.54 bits per heavy atom. The molecule has 0 atom stereocenters. The average Bonchev–Trinajstić information content (AvgIpc) is 2.76. The van der Waals surface area contributed by atoms with E-state index in [1.165, 1.54) is 53.7 Å². The molecule has 0 N–H and O–H groups in total. The summed E-state index contributed by atoms with van der Waals surface area (Å²) in [6, 6.07) is 15.9. The molecule has 0 saturated heterocycles. The molecule has 0 aliphatic carbocycles. The lowest BCUT2D eigenvalue weighted by Crippen LogP contribution is -2.19. The molecule has 1 aliphatic heterocycles. The first-order valence-corrected chi connectivity index (χ1v) is 9.44. The first kappa shape index (κ1) is 16.8. The third-order valence-electron chi connectivity index (χ3n) is 4.93. The van der Waals surface area contributed by atoms with Crippen molar-refractivity contribution in [3.63, 3.8) is 0 Å². The number of benzene rings is 2. The van der Waals surface area contributed by atoms with Gasteiger partial charge in [0, 0.05) is 17.9 Å². The van der Waals surface area contributed by atoms with Crippen LogP contribution >= 0.6 is 0 Å². The molecule has 3 rings (SSSR count). The number of para-hydroxylation sites is 1. The van der Waals surface area contributed by atoms with Crippen LogP contribution < -0.4 is 4.90 Å². The van der Waals surface area contributed by atoms with Crippen LogP contribution in [0.5, 0.6) is 0 Å². The van der Waals surface area contributed by atoms with Crippen molar-refractivity contribution in [3.05, 3.63) is 65.2 Å². The van der Waals surface area contributed by atoms with Gasteiger partial charge in [0.15, 0.2) is 0 Å². The molecule has 2 aromatic carbocycles. The largest absolute Gasteiger partial charge is 0.341 e. The average molecular weight is 319 g/mol. The van der Waals surface area contributed by atoms with Gasteiger partial charge in [0.1, 0.15) is 0 Å². The van der Waals surface area contributed by atoms with Crippen molar-refractivity contribution in [1.82, 2.24) is 0 Å². The predicted molar refractivity (Wildman–Crippen MR) is 106 cm³/mol. The highest BCUT2D eigenvalue weighted by molar-refractivity contribution is 5.72. The summed E-state index contributed by atoms with van der Waals surface area (Å²) in [5.74, 6) is 0. The van der Waals surface area contributed by atoms with Crippen LogP contribution in [-0.4, -0.2) is 6.54 Å². The molecule has 1 heterocycles. The molecule has 1 heteroatoms. The number of hydrogen-bond donors (Lipinski definition) is 0. The minimum absolute atomic E-state index is 1.12. The molecule has 0 saturated carbocycles. The topological polar surface area (TPSA) is 3.24 Å². The van der Waals surface area contributed by atoms with Gasteiger partial charge in [-0.3, -0.25) is 0 Å². The van der Waals surface area contributed by atoms with Gasteiger partial charge in [-0.05, 0) is 61.1 Å². The number of anilines is 2. The van der Waals surface area contributed by atoms with Crippen LogP contribution in [0.3, 0.4) is 0 Å². The van der Waals surface area contributed by atoms with Crippen molar-refractivity contribution in [2.45, 2.75) is 52.4 Å². The number of allylic oxidation sites excluding steroid dienone is 1. The van der Waals surface area contributed by atoms with E-state index in [9.17, 15) is 0 Å². The molecule has 0 fully saturated rings. The van der Waals surface area contributed by atoms with E-state index < -0.39 is 0 Å². The number of aryl methyl sites for hydroxylation is 2. The van der Waals surface area contributed by atoms with Crippen LogP contribution in [0.1, 0.15) is 56.2 Å². The summed E-state index contributed by atoms with van der Waals surface area (Å²) >= 11 is 0. The fourth-order valence-electron chi connectivity index (χ4n) is 3.69. The van der Waals surface area contributed by atoms with Crippen molar-refractivity contribution in [2.75, 3.05) is 11.4 Å². The molecule has 1 aliphatic rings. The molecular formula is C23H29N. The van der Waals surface area contributed by atoms with Gasteiger partial charge < -0.3 is 4.90 Å². The molecular weight excluding hydrogens is 290 g/mol. The van der Waals surface area contributed by atoms with Crippen LogP contribution in [-0.2, 0) is 12.8 Å². The summed E-state index contributed by atoms with van der Waals surface area (Å²) in [7, 11) is 0. The highest BCUT2D eigenvalue weighted by atomic mass is 15.1. The molecule has 0 aromatic heterocycles. The molecule has 24 heavy (non-hydrogen) atoms. The molecule has 2 aromatic rings. The van der Waals surface area contributed by atoms with Crippen molar-refractivity contribution in [1.29, 1.82) is 0 Å². The zero-order valence-corrected chi connectivity index (χ0v) is 15.1. The van der Waals surface area contributed by atoms with E-state index in [2.05, 4.69) is 73.4 Å². The highest BCUT2D eigenvalue weighted by Crippen LogP contribution is 2.36. The van der Waals surface area contributed by atoms with E-state index in [4.69, 9.17) is 0 Å². The molecule has 0 radical (unpaired) electrons. The van der Waals surface area contributed by atoms with Gasteiger partial charge in [-0.25, -0.2) is 0 Å². The van der Waals surface area contributed by atoms with E-state index in [0.29, 0.717) is 0 Å². The summed E-state index contributed by atoms with van der Waals surface area (Å²) in [5, 5.41) is 0. The van der Waals surface area contributed by atoms with E-state index >= 15 is 0 Å². The Labute approximate surface area is 147 Å². The van der Waals surface area contributed by atoms with Gasteiger partial charge >= 0.3 is 0 Å². The lowest BCUT2D eigenvalue weighted by atomic mass is 10.0. The molecule has 1 nitrogen and oxygen atoms in total. The lowest BCUT2D eigenvalue weighted by molar-refractivity contribution is 0.668. The van der Waals surface area contributed by atoms with E-state index in [-0.39, 0.29) is 0 Å². The molecule has 0 amide bonds. The minimum Gasteiger partial charge on any atom is -0.341 e. The van der Waals surface area contributed by atoms with Crippen LogP contribution in [0, 0.1) is 0 Å². The highest BCUT2D eigenvalue weighted by Gasteiger charge is 2.20. The summed E-state index contributed by atoms with van der Waals surface area (Å²) in [5.41, 5.74) is 7.10. The van der Waals surface area contributed by atoms with Crippen molar-refractivity contribution in [3.8, 4) is 0 Å². The van der Waals surface area contributed by atoms with Crippen LogP contribution in [0.2, 0.25) is 0 Å². The van der Waals surface area contributed by atoms with Gasteiger partial charge in [0.2, 0.25) is 0 Å². The summed E-state index contributed by atoms with van der Waals surface area (Å²) < 4.78 is 0. The molecule has 0 unspecified atom stereocenters. The normalized spacial score (nSPS) is 13.7. The fraction of sp³-hybridized carbons (Fsp3) is 0.391. The second-order valence-corrected chi connectivity index (χ2v) is 6.73. The maximum Gasteiger partial charge on any atom is 0.0443 e. The second kappa shape index (κ2) is 8.19. The third kappa shape index (κ3) is 3.72. The van der Waals surface area contributed by atoms with Gasteiger partial charge in [0.05, 0.1) is 0 Å². The Morgan fingerprint density at radius 1 is 0.917 bits per heavy atom. The fourth-order valence-corrected chi connectivity index (χ4v) is 3.69. The first-order valence-electron chi connectivity index (χ1n) is 9.44. The Morgan fingerprint density at radius 2 is 1.71 bits per heavy atom. The van der Waals surface area contributed by atoms with Gasteiger partial charge in [-0.1, -0.05) is 62.6 Å². The lowest BCUT2D eigenvalue weighted by Gasteiger charge is -2.27. The third-order valence-corrected chi connectivity index (χ3v) is 4.93. The number of unbranched alkanes of at least 4 members (excludes halogenated alkanes) is 3. The zero-order valence-electron chi connectivity index (χ0n) is 15.1. The van der Waals surface area contributed by atoms with Gasteiger partial charge in [-0.15, -0.1) is 0 Å². The Hall–Kier alpha value is -2.02. The predicted octanol–water partition coefficient (Wildman–Crippen LogP) is 6.54. The summed E-state index contributed by atoms with van der Waals surface area (Å²) in [4.78, 5) is 2.56. The smallest absolute Gasteiger partial charge is 0.0443 e. The summed E-state index contributed by atoms with van der Waals surface area (Å²) in [6.07, 6.45) is 11.8. The van der Waals surface area contributed by atoms with Crippen molar-refractivity contribution in [2.24, 2.45) is 0 Å². The standard InChI is InChI=1S/C23H29N/c1-3-5-6-9-17-24-22-12-8-7-11-20(22)14-15-21-18-19(10-4-2)13-16-23(21)24/h4,7-8,10-13,16,18H,3,5-6,9,14-15,17H2,1-2H3/b10-4+. The van der Waals surface area contributed by atoms with Crippen molar-refractivity contribution < 1.29 is 0 Å². The van der Waals surface area contributed by atoms with Gasteiger partial charge in [0.25, 0.3) is 0 Å². The van der Waals surface area contributed by atoms with Crippen LogP contribution in [0.15, 0.2) is 48.5 Å². The van der Waals surface area contributed by atoms with E-state index in [1.807, 2.05) is 0 Å². The first-order chi connectivity index (χ1) is 11.8. The minimum atomic E-state index is 1.12. The Kier molecular flexibility index (Phi) is 5.74. The van der Waals surface area contributed by atoms with Gasteiger partial charge in [-0.2, -0.15) is 0 Å². The Bertz CT molecular complexity index is 699. The SMILES string of the molecule is C/C=C/c1ccc2c(c1)CCc1ccccc1N2CCCCCC. The Balaban J connectivity index is 1.95. The molecule has 126 valence electrons. The quantitative estimate of drug-likeness (QED) is 0.547. The monoisotopic (exact) mass is 319 g/mol. The van der Waals surface area contributed by atoms with E-state index in [1.54, 1.807) is 0 Å². The maximum atomic E-state index is 2.56. The summed E-state index contributed by atoms with van der Waals surface area (Å²) in [6.45, 7) is 5.48. The number of fused-ring (bicyclic) bond motifs is 2. The second-order valence-electron chi connectivity index (χ2n) is 6.73. The molecule has 0 spiro atoms. The van der Waals surface area contributed by atoms with Crippen LogP contribution in [0.4, 0.5) is 11.4 Å². The van der Waals surface area contributed by atoms with Crippen molar-refractivity contribution >= 4 is 17.5 Å². The zero-order chi connectivity index (χ0) is 16.8. The number of hydrogen-bond acceptors (Lipinski definition) is 1. The maximum absolute atomic E-state index is 2.56. The van der Waals surface area contributed by atoms with Crippen LogP contribution in [0.25, 0.3) is 6.08 Å².